The third kappa shape index (κ3) is 3.99. The molecule has 1 saturated carbocycles. The molecule has 3 aliphatic rings. The number of carboxylic acids is 1. The minimum Gasteiger partial charge on any atom is -0.497 e. The number of anilines is 1. The quantitative estimate of drug-likeness (QED) is 0.187. The van der Waals surface area contributed by atoms with Crippen LogP contribution in [0.4, 0.5) is 5.69 Å². The zero-order valence-electron chi connectivity index (χ0n) is 27.2. The molecule has 5 aromatic carbocycles. The third-order valence-electron chi connectivity index (χ3n) is 10.6. The highest BCUT2D eigenvalue weighted by atomic mass is 16.5. The van der Waals surface area contributed by atoms with Crippen molar-refractivity contribution in [3.63, 3.8) is 0 Å². The number of Topliss-reactive ketones (excluding diaryl/α,β-unsaturated/α-hetero) is 1. The fourth-order valence-corrected chi connectivity index (χ4v) is 8.67. The summed E-state index contributed by atoms with van der Waals surface area (Å²) < 4.78 is 11.0. The monoisotopic (exact) mass is 661 g/mol. The molecule has 2 amide bonds. The van der Waals surface area contributed by atoms with Crippen LogP contribution in [-0.4, -0.2) is 42.9 Å². The summed E-state index contributed by atoms with van der Waals surface area (Å²) in [5.74, 6) is -3.60. The number of fused-ring (bicyclic) bond motifs is 5. The van der Waals surface area contributed by atoms with Crippen LogP contribution >= 0.6 is 0 Å². The molecule has 1 aliphatic heterocycles. The smallest absolute Gasteiger partial charge is 0.335 e. The Morgan fingerprint density at radius 3 is 1.44 bits per heavy atom. The van der Waals surface area contributed by atoms with Gasteiger partial charge in [0.15, 0.2) is 5.78 Å². The van der Waals surface area contributed by atoms with Crippen LogP contribution in [0.3, 0.4) is 0 Å². The Morgan fingerprint density at radius 1 is 0.600 bits per heavy atom. The zero-order valence-corrected chi connectivity index (χ0v) is 27.2. The number of allylic oxidation sites excluding steroid dienone is 2. The third-order valence-corrected chi connectivity index (χ3v) is 10.6. The van der Waals surface area contributed by atoms with Crippen LogP contribution in [0.15, 0.2) is 133 Å². The predicted octanol–water partition coefficient (Wildman–Crippen LogP) is 6.59. The van der Waals surface area contributed by atoms with Crippen LogP contribution in [0.1, 0.15) is 32.6 Å². The van der Waals surface area contributed by atoms with Crippen LogP contribution < -0.4 is 14.4 Å². The van der Waals surface area contributed by atoms with Gasteiger partial charge >= 0.3 is 5.97 Å². The number of ether oxygens (including phenoxy) is 2. The maximum atomic E-state index is 16.0. The molecule has 4 atom stereocenters. The molecule has 1 saturated heterocycles. The number of rotatable bonds is 8. The van der Waals surface area contributed by atoms with E-state index in [0.29, 0.717) is 44.9 Å². The Kier molecular flexibility index (Phi) is 7.08. The van der Waals surface area contributed by atoms with Crippen molar-refractivity contribution in [3.8, 4) is 11.5 Å². The molecule has 8 nitrogen and oxygen atoms in total. The Morgan fingerprint density at radius 2 is 1.04 bits per heavy atom. The predicted molar refractivity (Wildman–Crippen MR) is 187 cm³/mol. The van der Waals surface area contributed by atoms with Gasteiger partial charge in [0.05, 0.1) is 48.1 Å². The number of amides is 2. The lowest BCUT2D eigenvalue weighted by Crippen LogP contribution is -2.45. The molecule has 2 bridgehead atoms. The van der Waals surface area contributed by atoms with Gasteiger partial charge in [0.1, 0.15) is 11.5 Å². The second-order valence-electron chi connectivity index (χ2n) is 12.7. The number of ketones is 1. The molecule has 5 aromatic rings. The normalized spacial score (nSPS) is 23.7. The lowest BCUT2D eigenvalue weighted by molar-refractivity contribution is -0.130. The Bertz CT molecular complexity index is 2100. The number of hydrogen-bond donors (Lipinski definition) is 1. The van der Waals surface area contributed by atoms with Crippen LogP contribution in [-0.2, 0) is 25.2 Å². The molecule has 246 valence electrons. The average molecular weight is 662 g/mol. The number of carbonyl (C=O) groups excluding carboxylic acids is 3. The van der Waals surface area contributed by atoms with Gasteiger partial charge in [-0.2, -0.15) is 0 Å². The molecule has 0 spiro atoms. The second-order valence-corrected chi connectivity index (χ2v) is 12.7. The van der Waals surface area contributed by atoms with Crippen molar-refractivity contribution in [3.05, 3.63) is 161 Å². The number of benzene rings is 5. The molecule has 0 unspecified atom stereocenters. The summed E-state index contributed by atoms with van der Waals surface area (Å²) in [6.07, 6.45) is 0. The lowest BCUT2D eigenvalue weighted by atomic mass is 9.59. The van der Waals surface area contributed by atoms with E-state index in [1.54, 1.807) is 20.3 Å². The van der Waals surface area contributed by atoms with Gasteiger partial charge in [0, 0.05) is 0 Å². The number of carboxylic acid groups (broad SMARTS) is 1. The van der Waals surface area contributed by atoms with E-state index in [4.69, 9.17) is 9.47 Å². The SMILES string of the molecule is COc1ccc(C2=C(c3ccc(OC)cc3)[C@@]3(c4ccccc4)C(=O)[C@@]2(c2ccccc2)[C@@H]2C(=O)N(c4cccc(C(=O)O)c4)C(=O)[C@@H]23)cc1. The lowest BCUT2D eigenvalue weighted by Gasteiger charge is -2.39. The maximum absolute atomic E-state index is 16.0. The Balaban J connectivity index is 1.53. The van der Waals surface area contributed by atoms with Crippen molar-refractivity contribution >= 4 is 40.4 Å². The molecule has 8 rings (SSSR count). The van der Waals surface area contributed by atoms with Crippen LogP contribution in [0, 0.1) is 11.8 Å². The van der Waals surface area contributed by atoms with Crippen molar-refractivity contribution in [1.82, 2.24) is 0 Å². The average Bonchev–Trinajstić information content (AvgIpc) is 3.67. The first-order valence-corrected chi connectivity index (χ1v) is 16.2. The van der Waals surface area contributed by atoms with E-state index < -0.39 is 40.4 Å². The molecular weight excluding hydrogens is 630 g/mol. The van der Waals surface area contributed by atoms with E-state index in [1.165, 1.54) is 18.2 Å². The van der Waals surface area contributed by atoms with Gasteiger partial charge in [-0.25, -0.2) is 9.69 Å². The highest BCUT2D eigenvalue weighted by Gasteiger charge is 2.82. The van der Waals surface area contributed by atoms with E-state index in [2.05, 4.69) is 0 Å². The molecule has 1 heterocycles. The number of carbonyl (C=O) groups is 4. The highest BCUT2D eigenvalue weighted by molar-refractivity contribution is 6.39. The highest BCUT2D eigenvalue weighted by Crippen LogP contribution is 2.74. The van der Waals surface area contributed by atoms with Crippen LogP contribution in [0.2, 0.25) is 0 Å². The molecule has 0 aromatic heterocycles. The van der Waals surface area contributed by atoms with Crippen LogP contribution in [0.5, 0.6) is 11.5 Å². The molecule has 8 heteroatoms. The van der Waals surface area contributed by atoms with E-state index in [1.807, 2.05) is 109 Å². The largest absolute Gasteiger partial charge is 0.497 e. The van der Waals surface area contributed by atoms with Crippen molar-refractivity contribution in [2.75, 3.05) is 19.1 Å². The van der Waals surface area contributed by atoms with Crippen LogP contribution in [0.25, 0.3) is 11.1 Å². The van der Waals surface area contributed by atoms with Crippen molar-refractivity contribution in [2.24, 2.45) is 11.8 Å². The fourth-order valence-electron chi connectivity index (χ4n) is 8.67. The topological polar surface area (TPSA) is 110 Å². The summed E-state index contributed by atoms with van der Waals surface area (Å²) in [5, 5.41) is 9.79. The minimum absolute atomic E-state index is 0.0641. The number of methoxy groups -OCH3 is 2. The molecule has 2 fully saturated rings. The number of aromatic carboxylic acids is 1. The van der Waals surface area contributed by atoms with Gasteiger partial charge in [-0.05, 0) is 75.9 Å². The summed E-state index contributed by atoms with van der Waals surface area (Å²) in [7, 11) is 3.16. The summed E-state index contributed by atoms with van der Waals surface area (Å²) in [5.41, 5.74) is 0.741. The summed E-state index contributed by atoms with van der Waals surface area (Å²) in [6.45, 7) is 0. The van der Waals surface area contributed by atoms with Crippen molar-refractivity contribution < 1.29 is 33.8 Å². The maximum Gasteiger partial charge on any atom is 0.335 e. The molecule has 50 heavy (non-hydrogen) atoms. The van der Waals surface area contributed by atoms with Gasteiger partial charge in [-0.15, -0.1) is 0 Å². The molecular formula is C42H31NO7. The molecule has 2 aliphatic carbocycles. The van der Waals surface area contributed by atoms with Gasteiger partial charge in [0.25, 0.3) is 0 Å². The summed E-state index contributed by atoms with van der Waals surface area (Å²) >= 11 is 0. The second kappa shape index (κ2) is 11.4. The first-order chi connectivity index (χ1) is 24.3. The first-order valence-electron chi connectivity index (χ1n) is 16.2. The number of nitrogens with zero attached hydrogens (tertiary/aromatic N) is 1. The molecule has 0 radical (unpaired) electrons. The number of imide groups is 1. The van der Waals surface area contributed by atoms with Crippen molar-refractivity contribution in [2.45, 2.75) is 10.8 Å². The first kappa shape index (κ1) is 31.0. The fraction of sp³-hybridized carbons (Fsp3) is 0.143. The van der Waals surface area contributed by atoms with E-state index in [0.717, 1.165) is 4.90 Å². The van der Waals surface area contributed by atoms with E-state index >= 15 is 14.4 Å². The summed E-state index contributed by atoms with van der Waals surface area (Å²) in [6, 6.07) is 39.1. The van der Waals surface area contributed by atoms with Crippen molar-refractivity contribution in [1.29, 1.82) is 0 Å². The Labute approximate surface area is 288 Å². The Hall–Kier alpha value is -6.28. The zero-order chi connectivity index (χ0) is 34.8. The number of hydrogen-bond acceptors (Lipinski definition) is 6. The van der Waals surface area contributed by atoms with Gasteiger partial charge < -0.3 is 14.6 Å². The molecule has 1 N–H and O–H groups in total. The van der Waals surface area contributed by atoms with E-state index in [-0.39, 0.29) is 17.0 Å². The minimum atomic E-state index is -1.60. The van der Waals surface area contributed by atoms with Gasteiger partial charge in [-0.1, -0.05) is 91.0 Å². The van der Waals surface area contributed by atoms with Gasteiger partial charge in [0.2, 0.25) is 11.8 Å². The van der Waals surface area contributed by atoms with E-state index in [9.17, 15) is 9.90 Å². The standard InChI is InChI=1S/C42H31NO7/c1-49-31-20-16-25(17-21-31)33-34(26-18-22-32(50-2)23-19-26)42(29-13-7-4-8-14-29)36-35(41(33,40(42)48)28-11-5-3-6-12-28)37(44)43(38(36)45)30-15-9-10-27(24-30)39(46)47/h3-24,35-36H,1-2H3,(H,46,47)/t35-,36+,41-,42-/m1/s1. The van der Waals surface area contributed by atoms with Gasteiger partial charge in [-0.3, -0.25) is 14.4 Å². The summed E-state index contributed by atoms with van der Waals surface area (Å²) in [4.78, 5) is 59.3.